The van der Waals surface area contributed by atoms with E-state index in [0.29, 0.717) is 5.52 Å². The lowest BCUT2D eigenvalue weighted by molar-refractivity contribution is 0.471. The van der Waals surface area contributed by atoms with Crippen molar-refractivity contribution in [2.24, 2.45) is 0 Å². The number of hydrogen-bond donors (Lipinski definition) is 2. The van der Waals surface area contributed by atoms with Crippen LogP contribution in [-0.2, 0) is 0 Å². The predicted molar refractivity (Wildman–Crippen MR) is 114 cm³/mol. The highest BCUT2D eigenvalue weighted by Gasteiger charge is 2.23. The molecule has 28 heavy (non-hydrogen) atoms. The summed E-state index contributed by atoms with van der Waals surface area (Å²) in [6.45, 7) is 6.32. The Kier molecular flexibility index (Phi) is 4.70. The third-order valence-corrected chi connectivity index (χ3v) is 5.07. The van der Waals surface area contributed by atoms with E-state index in [2.05, 4.69) is 48.2 Å². The zero-order chi connectivity index (χ0) is 19.7. The van der Waals surface area contributed by atoms with Crippen LogP contribution in [0.5, 0.6) is 5.75 Å². The van der Waals surface area contributed by atoms with Crippen LogP contribution in [0, 0.1) is 20.8 Å². The maximum atomic E-state index is 11.1. The summed E-state index contributed by atoms with van der Waals surface area (Å²) in [5.74, 6) is 0.957. The van der Waals surface area contributed by atoms with Crippen molar-refractivity contribution in [3.8, 4) is 5.75 Å². The molecule has 0 aliphatic rings. The van der Waals surface area contributed by atoms with Crippen LogP contribution >= 0.6 is 0 Å². The van der Waals surface area contributed by atoms with Crippen LogP contribution in [0.2, 0.25) is 0 Å². The minimum Gasteiger partial charge on any atom is -0.505 e. The van der Waals surface area contributed by atoms with Gasteiger partial charge in [0.25, 0.3) is 0 Å². The molecular weight excluding hydrogens is 346 g/mol. The van der Waals surface area contributed by atoms with Gasteiger partial charge in [0.1, 0.15) is 17.1 Å². The van der Waals surface area contributed by atoms with Gasteiger partial charge in [0, 0.05) is 23.3 Å². The Bertz CT molecular complexity index is 1120. The first-order valence-corrected chi connectivity index (χ1v) is 9.36. The summed E-state index contributed by atoms with van der Waals surface area (Å²) < 4.78 is 0. The van der Waals surface area contributed by atoms with Crippen LogP contribution in [0.1, 0.15) is 33.9 Å². The topological polar surface area (TPSA) is 58.0 Å². The van der Waals surface area contributed by atoms with Crippen molar-refractivity contribution in [1.29, 1.82) is 0 Å². The molecule has 140 valence electrons. The molecule has 4 heteroatoms. The fourth-order valence-electron chi connectivity index (χ4n) is 3.93. The molecule has 4 nitrogen and oxygen atoms in total. The van der Waals surface area contributed by atoms with Gasteiger partial charge in [-0.3, -0.25) is 4.98 Å². The molecule has 0 aliphatic carbocycles. The van der Waals surface area contributed by atoms with Crippen molar-refractivity contribution >= 4 is 16.7 Å². The van der Waals surface area contributed by atoms with E-state index in [4.69, 9.17) is 0 Å². The lowest BCUT2D eigenvalue weighted by Crippen LogP contribution is -2.16. The number of aryl methyl sites for hydroxylation is 3. The number of phenolic OH excluding ortho intramolecular Hbond substituents is 1. The zero-order valence-electron chi connectivity index (χ0n) is 16.3. The number of nitrogens with zero attached hydrogens (tertiary/aromatic N) is 2. The van der Waals surface area contributed by atoms with Crippen molar-refractivity contribution in [2.45, 2.75) is 26.8 Å². The van der Waals surface area contributed by atoms with E-state index in [1.807, 2.05) is 42.5 Å². The molecule has 0 aliphatic heterocycles. The number of fused-ring (bicyclic) bond motifs is 1. The van der Waals surface area contributed by atoms with E-state index in [-0.39, 0.29) is 11.8 Å². The number of phenols is 1. The summed E-state index contributed by atoms with van der Waals surface area (Å²) in [5, 5.41) is 15.5. The summed E-state index contributed by atoms with van der Waals surface area (Å²) in [5.41, 5.74) is 6.10. The Morgan fingerprint density at radius 2 is 1.61 bits per heavy atom. The van der Waals surface area contributed by atoms with Crippen LogP contribution < -0.4 is 5.32 Å². The molecule has 4 rings (SSSR count). The van der Waals surface area contributed by atoms with E-state index >= 15 is 0 Å². The van der Waals surface area contributed by atoms with Crippen LogP contribution in [0.4, 0.5) is 5.82 Å². The third-order valence-electron chi connectivity index (χ3n) is 5.07. The molecule has 0 radical (unpaired) electrons. The number of pyridine rings is 2. The number of benzene rings is 2. The van der Waals surface area contributed by atoms with Crippen LogP contribution in [0.3, 0.4) is 0 Å². The van der Waals surface area contributed by atoms with Gasteiger partial charge in [-0.05, 0) is 55.7 Å². The van der Waals surface area contributed by atoms with Gasteiger partial charge >= 0.3 is 0 Å². The maximum absolute atomic E-state index is 11.1. The van der Waals surface area contributed by atoms with Gasteiger partial charge in [-0.25, -0.2) is 4.98 Å². The Morgan fingerprint density at radius 1 is 0.857 bits per heavy atom. The summed E-state index contributed by atoms with van der Waals surface area (Å²) in [6.07, 6.45) is 3.46. The molecule has 2 heterocycles. The minimum absolute atomic E-state index is 0.200. The second-order valence-corrected chi connectivity index (χ2v) is 7.18. The first kappa shape index (κ1) is 18.0. The second kappa shape index (κ2) is 7.31. The first-order chi connectivity index (χ1) is 13.5. The average Bonchev–Trinajstić information content (AvgIpc) is 2.68. The van der Waals surface area contributed by atoms with Crippen LogP contribution in [0.25, 0.3) is 10.9 Å². The molecule has 0 spiro atoms. The van der Waals surface area contributed by atoms with Gasteiger partial charge in [-0.1, -0.05) is 42.0 Å². The van der Waals surface area contributed by atoms with Crippen molar-refractivity contribution in [1.82, 2.24) is 9.97 Å². The van der Waals surface area contributed by atoms with Gasteiger partial charge in [0.15, 0.2) is 0 Å². The maximum Gasteiger partial charge on any atom is 0.147 e. The van der Waals surface area contributed by atoms with Crippen molar-refractivity contribution in [2.75, 3.05) is 5.32 Å². The number of anilines is 1. The normalized spacial score (nSPS) is 12.1. The molecule has 2 N–H and O–H groups in total. The minimum atomic E-state index is -0.248. The Hall–Kier alpha value is -3.40. The zero-order valence-corrected chi connectivity index (χ0v) is 16.3. The summed E-state index contributed by atoms with van der Waals surface area (Å²) in [4.78, 5) is 8.82. The van der Waals surface area contributed by atoms with Crippen LogP contribution in [-0.4, -0.2) is 15.1 Å². The Morgan fingerprint density at radius 3 is 2.32 bits per heavy atom. The van der Waals surface area contributed by atoms with E-state index in [9.17, 15) is 5.11 Å². The molecule has 0 fully saturated rings. The quantitative estimate of drug-likeness (QED) is 0.501. The van der Waals surface area contributed by atoms with Crippen molar-refractivity contribution < 1.29 is 5.11 Å². The van der Waals surface area contributed by atoms with E-state index in [1.165, 1.54) is 16.7 Å². The summed E-state index contributed by atoms with van der Waals surface area (Å²) in [6, 6.07) is 17.7. The number of aromatic hydroxyl groups is 1. The second-order valence-electron chi connectivity index (χ2n) is 7.18. The molecule has 0 bridgehead atoms. The fraction of sp³-hybridized carbons (Fsp3) is 0.167. The molecule has 1 unspecified atom stereocenters. The molecular formula is C24H23N3O. The Balaban J connectivity index is 1.93. The van der Waals surface area contributed by atoms with E-state index in [1.54, 1.807) is 12.4 Å². The molecule has 0 saturated heterocycles. The lowest BCUT2D eigenvalue weighted by atomic mass is 9.89. The number of hydrogen-bond acceptors (Lipinski definition) is 4. The highest BCUT2D eigenvalue weighted by atomic mass is 16.3. The van der Waals surface area contributed by atoms with E-state index < -0.39 is 0 Å². The average molecular weight is 369 g/mol. The Labute approximate surface area is 164 Å². The first-order valence-electron chi connectivity index (χ1n) is 9.36. The number of rotatable bonds is 4. The smallest absolute Gasteiger partial charge is 0.147 e. The highest BCUT2D eigenvalue weighted by Crippen LogP contribution is 2.38. The molecule has 0 saturated carbocycles. The lowest BCUT2D eigenvalue weighted by Gasteiger charge is -2.25. The van der Waals surface area contributed by atoms with Crippen molar-refractivity contribution in [3.63, 3.8) is 0 Å². The molecule has 2 aromatic carbocycles. The van der Waals surface area contributed by atoms with Gasteiger partial charge < -0.3 is 10.4 Å². The predicted octanol–water partition coefficient (Wildman–Crippen LogP) is 5.46. The van der Waals surface area contributed by atoms with Crippen LogP contribution in [0.15, 0.2) is 67.0 Å². The molecule has 0 amide bonds. The summed E-state index contributed by atoms with van der Waals surface area (Å²) in [7, 11) is 0. The standard InChI is InChI=1S/C24H23N3O/c1-15-13-16(2)21(17(3)14-15)23(27-20-8-4-5-11-25-20)19-10-9-18-7-6-12-26-22(18)24(19)28/h4-14,23,28H,1-3H3,(H,25,27). The molecule has 2 aromatic heterocycles. The monoisotopic (exact) mass is 369 g/mol. The molecule has 4 aromatic rings. The third kappa shape index (κ3) is 3.29. The molecule has 1 atom stereocenters. The van der Waals surface area contributed by atoms with Gasteiger partial charge in [0.05, 0.1) is 6.04 Å². The van der Waals surface area contributed by atoms with E-state index in [0.717, 1.165) is 22.3 Å². The summed E-state index contributed by atoms with van der Waals surface area (Å²) >= 11 is 0. The highest BCUT2D eigenvalue weighted by molar-refractivity contribution is 5.86. The SMILES string of the molecule is Cc1cc(C)c(C(Nc2ccccn2)c2ccc3cccnc3c2O)c(C)c1. The van der Waals surface area contributed by atoms with Crippen molar-refractivity contribution in [3.05, 3.63) is 94.8 Å². The van der Waals surface area contributed by atoms with Gasteiger partial charge in [-0.15, -0.1) is 0 Å². The largest absolute Gasteiger partial charge is 0.505 e. The van der Waals surface area contributed by atoms with Gasteiger partial charge in [-0.2, -0.15) is 0 Å². The van der Waals surface area contributed by atoms with Gasteiger partial charge in [0.2, 0.25) is 0 Å². The number of nitrogens with one attached hydrogen (secondary N) is 1. The number of aromatic nitrogens is 2. The fourth-order valence-corrected chi connectivity index (χ4v) is 3.93.